The zero-order chi connectivity index (χ0) is 17.9. The Balaban J connectivity index is 1.46. The summed E-state index contributed by atoms with van der Waals surface area (Å²) in [5.74, 6) is 0.649. The standard InChI is InChI=1S/C20H25N3O3/c1-22(19-8-4-6-15-5-2-3-7-17(15)19)20(24)18-13-16(26-21-18)14-23-9-11-25-12-10-23/h2-3,5,7,13,19H,4,6,8-12,14H2,1H3/t19-/m0/s1. The van der Waals surface area contributed by atoms with Crippen molar-refractivity contribution in [2.45, 2.75) is 31.8 Å². The summed E-state index contributed by atoms with van der Waals surface area (Å²) in [4.78, 5) is 17.0. The van der Waals surface area contributed by atoms with Gasteiger partial charge >= 0.3 is 0 Å². The maximum absolute atomic E-state index is 12.9. The minimum atomic E-state index is -0.0799. The number of hydrogen-bond donors (Lipinski definition) is 0. The van der Waals surface area contributed by atoms with Crippen molar-refractivity contribution in [1.82, 2.24) is 15.0 Å². The van der Waals surface area contributed by atoms with E-state index in [9.17, 15) is 4.79 Å². The van der Waals surface area contributed by atoms with Gasteiger partial charge in [0.25, 0.3) is 5.91 Å². The van der Waals surface area contributed by atoms with Gasteiger partial charge in [-0.15, -0.1) is 0 Å². The van der Waals surface area contributed by atoms with Crippen LogP contribution in [0.15, 0.2) is 34.9 Å². The first-order valence-corrected chi connectivity index (χ1v) is 9.33. The molecule has 0 radical (unpaired) electrons. The van der Waals surface area contributed by atoms with E-state index in [-0.39, 0.29) is 11.9 Å². The maximum atomic E-state index is 12.9. The molecule has 138 valence electrons. The largest absolute Gasteiger partial charge is 0.379 e. The number of benzene rings is 1. The molecule has 6 heteroatoms. The SMILES string of the molecule is CN(C(=O)c1cc(CN2CCOCC2)on1)[C@H]1CCCc2ccccc21. The summed E-state index contributed by atoms with van der Waals surface area (Å²) in [6.07, 6.45) is 3.17. The topological polar surface area (TPSA) is 58.8 Å². The van der Waals surface area contributed by atoms with Gasteiger partial charge in [0.05, 0.1) is 25.8 Å². The number of rotatable bonds is 4. The van der Waals surface area contributed by atoms with Crippen molar-refractivity contribution in [3.63, 3.8) is 0 Å². The summed E-state index contributed by atoms with van der Waals surface area (Å²) in [5, 5.41) is 4.03. The molecule has 26 heavy (non-hydrogen) atoms. The third-order valence-electron chi connectivity index (χ3n) is 5.39. The van der Waals surface area contributed by atoms with Crippen LogP contribution in [0.5, 0.6) is 0 Å². The van der Waals surface area contributed by atoms with Crippen molar-refractivity contribution >= 4 is 5.91 Å². The van der Waals surface area contributed by atoms with Crippen LogP contribution in [0.1, 0.15) is 46.3 Å². The summed E-state index contributed by atoms with van der Waals surface area (Å²) in [6.45, 7) is 3.90. The van der Waals surface area contributed by atoms with E-state index in [1.807, 2.05) is 18.0 Å². The zero-order valence-corrected chi connectivity index (χ0v) is 15.2. The first kappa shape index (κ1) is 17.2. The van der Waals surface area contributed by atoms with E-state index in [4.69, 9.17) is 9.26 Å². The van der Waals surface area contributed by atoms with Crippen molar-refractivity contribution < 1.29 is 14.1 Å². The quantitative estimate of drug-likeness (QED) is 0.844. The van der Waals surface area contributed by atoms with Gasteiger partial charge in [-0.05, 0) is 30.4 Å². The molecule has 0 unspecified atom stereocenters. The van der Waals surface area contributed by atoms with Gasteiger partial charge in [0.2, 0.25) is 0 Å². The summed E-state index contributed by atoms with van der Waals surface area (Å²) in [6, 6.07) is 10.3. The molecular formula is C20H25N3O3. The second kappa shape index (κ2) is 7.60. The summed E-state index contributed by atoms with van der Waals surface area (Å²) < 4.78 is 10.8. The predicted octanol–water partition coefficient (Wildman–Crippen LogP) is 2.66. The number of carbonyl (C=O) groups excluding carboxylic acids is 1. The van der Waals surface area contributed by atoms with Crippen LogP contribution in [-0.2, 0) is 17.7 Å². The fraction of sp³-hybridized carbons (Fsp3) is 0.500. The first-order chi connectivity index (χ1) is 12.7. The predicted molar refractivity (Wildman–Crippen MR) is 96.8 cm³/mol. The number of carbonyl (C=O) groups is 1. The Bertz CT molecular complexity index is 767. The molecule has 0 bridgehead atoms. The average Bonchev–Trinajstić information content (AvgIpc) is 3.15. The van der Waals surface area contributed by atoms with Gasteiger partial charge in [0, 0.05) is 26.2 Å². The minimum absolute atomic E-state index is 0.0799. The van der Waals surface area contributed by atoms with E-state index in [1.54, 1.807) is 6.07 Å². The highest BCUT2D eigenvalue weighted by Gasteiger charge is 2.28. The second-order valence-corrected chi connectivity index (χ2v) is 7.09. The van der Waals surface area contributed by atoms with Crippen LogP contribution >= 0.6 is 0 Å². The summed E-state index contributed by atoms with van der Waals surface area (Å²) >= 11 is 0. The fourth-order valence-corrected chi connectivity index (χ4v) is 3.92. The molecule has 4 rings (SSSR count). The Labute approximate surface area is 153 Å². The smallest absolute Gasteiger partial charge is 0.276 e. The molecule has 6 nitrogen and oxygen atoms in total. The number of aryl methyl sites for hydroxylation is 1. The highest BCUT2D eigenvalue weighted by Crippen LogP contribution is 2.34. The van der Waals surface area contributed by atoms with E-state index < -0.39 is 0 Å². The van der Waals surface area contributed by atoms with Gasteiger partial charge < -0.3 is 14.2 Å². The lowest BCUT2D eigenvalue weighted by molar-refractivity contribution is 0.0305. The molecule has 2 heterocycles. The number of morpholine rings is 1. The van der Waals surface area contributed by atoms with Crippen molar-refractivity contribution in [3.05, 3.63) is 52.9 Å². The van der Waals surface area contributed by atoms with Gasteiger partial charge in [-0.25, -0.2) is 0 Å². The zero-order valence-electron chi connectivity index (χ0n) is 15.2. The molecule has 0 saturated carbocycles. The van der Waals surface area contributed by atoms with Crippen molar-refractivity contribution in [1.29, 1.82) is 0 Å². The van der Waals surface area contributed by atoms with E-state index in [0.717, 1.165) is 51.3 Å². The van der Waals surface area contributed by atoms with Gasteiger partial charge in [-0.3, -0.25) is 9.69 Å². The Morgan fingerprint density at radius 1 is 1.31 bits per heavy atom. The summed E-state index contributed by atoms with van der Waals surface area (Å²) in [7, 11) is 1.87. The van der Waals surface area contributed by atoms with E-state index >= 15 is 0 Å². The molecule has 2 aliphatic rings. The van der Waals surface area contributed by atoms with Gasteiger partial charge in [-0.2, -0.15) is 0 Å². The van der Waals surface area contributed by atoms with Crippen molar-refractivity contribution in [2.24, 2.45) is 0 Å². The molecule has 2 aromatic rings. The van der Waals surface area contributed by atoms with Crippen LogP contribution in [0, 0.1) is 0 Å². The number of fused-ring (bicyclic) bond motifs is 1. The molecule has 1 atom stereocenters. The van der Waals surface area contributed by atoms with E-state index in [1.165, 1.54) is 11.1 Å². The minimum Gasteiger partial charge on any atom is -0.379 e. The number of amides is 1. The van der Waals surface area contributed by atoms with E-state index in [2.05, 4.69) is 28.3 Å². The molecule has 1 aromatic heterocycles. The molecule has 0 N–H and O–H groups in total. The highest BCUT2D eigenvalue weighted by molar-refractivity contribution is 5.92. The Hall–Kier alpha value is -2.18. The number of nitrogens with zero attached hydrogens (tertiary/aromatic N) is 3. The third-order valence-corrected chi connectivity index (χ3v) is 5.39. The third kappa shape index (κ3) is 3.52. The Kier molecular flexibility index (Phi) is 5.04. The molecule has 1 saturated heterocycles. The lowest BCUT2D eigenvalue weighted by Crippen LogP contribution is -2.35. The van der Waals surface area contributed by atoms with Crippen LogP contribution in [0.3, 0.4) is 0 Å². The number of ether oxygens (including phenoxy) is 1. The lowest BCUT2D eigenvalue weighted by atomic mass is 9.87. The monoisotopic (exact) mass is 355 g/mol. The maximum Gasteiger partial charge on any atom is 0.276 e. The average molecular weight is 355 g/mol. The van der Waals surface area contributed by atoms with Crippen LogP contribution in [-0.4, -0.2) is 54.2 Å². The molecule has 1 aliphatic carbocycles. The van der Waals surface area contributed by atoms with E-state index in [0.29, 0.717) is 12.2 Å². The van der Waals surface area contributed by atoms with Crippen LogP contribution < -0.4 is 0 Å². The molecule has 1 aliphatic heterocycles. The van der Waals surface area contributed by atoms with Gasteiger partial charge in [0.15, 0.2) is 11.5 Å². The highest BCUT2D eigenvalue weighted by atomic mass is 16.5. The normalized spacial score (nSPS) is 20.6. The van der Waals surface area contributed by atoms with Gasteiger partial charge in [0.1, 0.15) is 0 Å². The fourth-order valence-electron chi connectivity index (χ4n) is 3.92. The van der Waals surface area contributed by atoms with Crippen LogP contribution in [0.4, 0.5) is 0 Å². The second-order valence-electron chi connectivity index (χ2n) is 7.09. The van der Waals surface area contributed by atoms with Crippen LogP contribution in [0.25, 0.3) is 0 Å². The Morgan fingerprint density at radius 2 is 2.12 bits per heavy atom. The van der Waals surface area contributed by atoms with Crippen LogP contribution in [0.2, 0.25) is 0 Å². The van der Waals surface area contributed by atoms with Gasteiger partial charge in [-0.1, -0.05) is 29.4 Å². The Morgan fingerprint density at radius 3 is 2.96 bits per heavy atom. The number of aromatic nitrogens is 1. The number of hydrogen-bond acceptors (Lipinski definition) is 5. The molecule has 0 spiro atoms. The molecule has 1 aromatic carbocycles. The molecular weight excluding hydrogens is 330 g/mol. The van der Waals surface area contributed by atoms with Crippen molar-refractivity contribution in [2.75, 3.05) is 33.4 Å². The molecule has 1 amide bonds. The lowest BCUT2D eigenvalue weighted by Gasteiger charge is -2.32. The van der Waals surface area contributed by atoms with Crippen molar-refractivity contribution in [3.8, 4) is 0 Å². The first-order valence-electron chi connectivity index (χ1n) is 9.33. The summed E-state index contributed by atoms with van der Waals surface area (Å²) in [5.41, 5.74) is 2.99. The molecule has 1 fully saturated rings.